The summed E-state index contributed by atoms with van der Waals surface area (Å²) in [6, 6.07) is 0. The fraction of sp³-hybridized carbons (Fsp3) is 0.722. The van der Waals surface area contributed by atoms with Crippen LogP contribution in [0, 0.1) is 0 Å². The number of nitrogens with two attached hydrogens (primary N) is 1. The zero-order valence-corrected chi connectivity index (χ0v) is 18.1. The molecule has 12 heteroatoms. The average molecular weight is 443 g/mol. The van der Waals surface area contributed by atoms with Crippen molar-refractivity contribution in [2.75, 3.05) is 18.9 Å². The number of imidazole rings is 1. The molecule has 168 valence electrons. The topological polar surface area (TPSA) is 147 Å². The van der Waals surface area contributed by atoms with E-state index in [4.69, 9.17) is 24.0 Å². The van der Waals surface area contributed by atoms with E-state index in [1.54, 1.807) is 4.57 Å². The van der Waals surface area contributed by atoms with Crippen LogP contribution in [-0.2, 0) is 18.3 Å². The second-order valence-corrected chi connectivity index (χ2v) is 9.61. The summed E-state index contributed by atoms with van der Waals surface area (Å²) in [6.07, 6.45) is 7.53. The van der Waals surface area contributed by atoms with Gasteiger partial charge in [-0.25, -0.2) is 0 Å². The van der Waals surface area contributed by atoms with Crippen LogP contribution in [0.5, 0.6) is 0 Å². The van der Waals surface area contributed by atoms with Gasteiger partial charge in [0.05, 0.1) is 0 Å². The van der Waals surface area contributed by atoms with Gasteiger partial charge in [-0.05, 0) is 0 Å². The van der Waals surface area contributed by atoms with E-state index in [-0.39, 0.29) is 30.3 Å². The summed E-state index contributed by atoms with van der Waals surface area (Å²) in [5.74, 6) is 0.00845. The van der Waals surface area contributed by atoms with Crippen molar-refractivity contribution in [1.29, 1.82) is 0 Å². The number of ether oxygens (including phenoxy) is 1. The first-order valence-corrected chi connectivity index (χ1v) is 12.2. The molecule has 0 bridgehead atoms. The zero-order chi connectivity index (χ0) is 21.1. The number of fused-ring (bicyclic) bond motifs is 2. The molecule has 2 aliphatic rings. The Labute approximate surface area is 174 Å². The number of aromatic amines is 1. The number of nitrogen functional groups attached to an aromatic ring is 1. The first-order valence-electron chi connectivity index (χ1n) is 10.5. The first-order chi connectivity index (χ1) is 14.5. The molecule has 4 rings (SSSR count). The minimum atomic E-state index is -3.68. The van der Waals surface area contributed by atoms with Crippen molar-refractivity contribution in [2.45, 2.75) is 70.3 Å². The maximum absolute atomic E-state index is 12.0. The Morgan fingerprint density at radius 1 is 1.33 bits per heavy atom. The molecule has 0 radical (unpaired) electrons. The Balaban J connectivity index is 1.33. The van der Waals surface area contributed by atoms with Crippen molar-refractivity contribution in [1.82, 2.24) is 19.5 Å². The Bertz CT molecular complexity index is 922. The molecular formula is C18H30N5O6P. The van der Waals surface area contributed by atoms with Gasteiger partial charge in [-0.2, -0.15) is 0 Å². The number of rotatable bonds is 9. The summed E-state index contributed by atoms with van der Waals surface area (Å²) in [5, 5.41) is 0. The van der Waals surface area contributed by atoms with Crippen molar-refractivity contribution in [3.05, 3.63) is 16.7 Å². The molecule has 30 heavy (non-hydrogen) atoms. The fourth-order valence-electron chi connectivity index (χ4n) is 3.87. The van der Waals surface area contributed by atoms with Gasteiger partial charge in [-0.3, -0.25) is 0 Å². The number of unbranched alkanes of at least 4 members (excludes halogenated alkanes) is 5. The van der Waals surface area contributed by atoms with Crippen molar-refractivity contribution in [3.63, 3.8) is 0 Å². The van der Waals surface area contributed by atoms with E-state index in [9.17, 15) is 9.69 Å². The molecule has 0 amide bonds. The van der Waals surface area contributed by atoms with Gasteiger partial charge >= 0.3 is 174 Å². The number of nitrogens with zero attached hydrogens (tertiary/aromatic N) is 3. The normalized spacial score (nSPS) is 26.7. The molecule has 4 heterocycles. The molecule has 2 saturated heterocycles. The van der Waals surface area contributed by atoms with Crippen LogP contribution in [-0.4, -0.2) is 49.8 Å². The van der Waals surface area contributed by atoms with Crippen molar-refractivity contribution in [3.8, 4) is 0 Å². The standard InChI is InChI=1S/C18H30N5O6P/c1-2-3-4-5-6-7-8-26-30(25)27-10-13-12(29-30)9-14(28-13)23-11-20-15-16(23)21-18(19)22-17(15)24/h11-14,25,30H,2-10H2,1H3,(H3,19,21,22,24)/t12-,13+,14+/m0/s1. The van der Waals surface area contributed by atoms with Crippen LogP contribution in [0.25, 0.3) is 11.2 Å². The predicted octanol–water partition coefficient (Wildman–Crippen LogP) is 2.18. The summed E-state index contributed by atoms with van der Waals surface area (Å²) in [5.41, 5.74) is 5.78. The van der Waals surface area contributed by atoms with Crippen LogP contribution in [0.4, 0.5) is 5.95 Å². The molecule has 2 aromatic heterocycles. The summed E-state index contributed by atoms with van der Waals surface area (Å²) in [6.45, 7) is 2.78. The third kappa shape index (κ3) is 4.66. The van der Waals surface area contributed by atoms with Crippen LogP contribution in [0.1, 0.15) is 58.1 Å². The minimum absolute atomic E-state index is 0.00845. The number of anilines is 1. The number of hydrogen-bond donors (Lipinski definition) is 3. The van der Waals surface area contributed by atoms with Crippen LogP contribution in [0.2, 0.25) is 0 Å². The number of nitrogens with one attached hydrogen (secondary N) is 1. The Hall–Kier alpha value is -1.62. The van der Waals surface area contributed by atoms with E-state index in [0.717, 1.165) is 12.8 Å². The monoisotopic (exact) mass is 443 g/mol. The van der Waals surface area contributed by atoms with Crippen molar-refractivity contribution in [2.24, 2.45) is 0 Å². The average Bonchev–Trinajstić information content (AvgIpc) is 3.30. The summed E-state index contributed by atoms with van der Waals surface area (Å²) < 4.78 is 24.6. The van der Waals surface area contributed by atoms with Gasteiger partial charge in [0.1, 0.15) is 0 Å². The van der Waals surface area contributed by atoms with E-state index in [2.05, 4.69) is 21.9 Å². The molecule has 2 fully saturated rings. The summed E-state index contributed by atoms with van der Waals surface area (Å²) in [4.78, 5) is 33.3. The molecule has 3 atom stereocenters. The quantitative estimate of drug-likeness (QED) is 0.392. The second kappa shape index (κ2) is 9.25. The van der Waals surface area contributed by atoms with Crippen LogP contribution < -0.4 is 11.3 Å². The molecule has 0 saturated carbocycles. The fourth-order valence-corrected chi connectivity index (χ4v) is 5.50. The summed E-state index contributed by atoms with van der Waals surface area (Å²) in [7, 11) is -3.68. The van der Waals surface area contributed by atoms with E-state index in [0.29, 0.717) is 18.7 Å². The van der Waals surface area contributed by atoms with Crippen LogP contribution >= 0.6 is 8.17 Å². The third-order valence-corrected chi connectivity index (χ3v) is 7.16. The molecule has 2 aliphatic heterocycles. The second-order valence-electron chi connectivity index (χ2n) is 7.75. The number of H-pyrrole nitrogens is 1. The van der Waals surface area contributed by atoms with Crippen molar-refractivity contribution < 1.29 is 23.2 Å². The van der Waals surface area contributed by atoms with Crippen LogP contribution in [0.15, 0.2) is 11.1 Å². The SMILES string of the molecule is CCCCCCCCO[PH]1(O)OC[C@H]2O[C@@H](n3cnc4c(=O)[nH]c(N)nc43)C[C@@H]2O1. The van der Waals surface area contributed by atoms with Gasteiger partial charge in [0, 0.05) is 0 Å². The molecule has 0 aliphatic carbocycles. The molecule has 2 aromatic rings. The molecule has 11 nitrogen and oxygen atoms in total. The van der Waals surface area contributed by atoms with Gasteiger partial charge in [0.15, 0.2) is 0 Å². The summed E-state index contributed by atoms with van der Waals surface area (Å²) >= 11 is 0. The zero-order valence-electron chi connectivity index (χ0n) is 17.1. The maximum atomic E-state index is 12.0. The molecular weight excluding hydrogens is 413 g/mol. The number of hydrogen-bond acceptors (Lipinski definition) is 9. The Morgan fingerprint density at radius 3 is 2.97 bits per heavy atom. The van der Waals surface area contributed by atoms with Gasteiger partial charge in [0.25, 0.3) is 0 Å². The van der Waals surface area contributed by atoms with Crippen molar-refractivity contribution >= 4 is 25.3 Å². The first kappa shape index (κ1) is 21.6. The van der Waals surface area contributed by atoms with E-state index in [1.807, 2.05) is 0 Å². The van der Waals surface area contributed by atoms with Gasteiger partial charge in [0.2, 0.25) is 0 Å². The molecule has 4 N–H and O–H groups in total. The molecule has 0 unspecified atom stereocenters. The van der Waals surface area contributed by atoms with E-state index in [1.165, 1.54) is 32.0 Å². The van der Waals surface area contributed by atoms with E-state index >= 15 is 0 Å². The Morgan fingerprint density at radius 2 is 2.13 bits per heavy atom. The number of aromatic nitrogens is 4. The predicted molar refractivity (Wildman–Crippen MR) is 112 cm³/mol. The third-order valence-electron chi connectivity index (χ3n) is 5.45. The van der Waals surface area contributed by atoms with Gasteiger partial charge in [-0.15, -0.1) is 0 Å². The Kier molecular flexibility index (Phi) is 6.66. The van der Waals surface area contributed by atoms with E-state index < -0.39 is 20.0 Å². The van der Waals surface area contributed by atoms with Crippen LogP contribution in [0.3, 0.4) is 0 Å². The van der Waals surface area contributed by atoms with Gasteiger partial charge < -0.3 is 0 Å². The van der Waals surface area contributed by atoms with Gasteiger partial charge in [-0.1, -0.05) is 0 Å². The molecule has 0 aromatic carbocycles. The molecule has 0 spiro atoms.